The number of nitriles is 1. The molecule has 0 bridgehead atoms. The van der Waals surface area contributed by atoms with Gasteiger partial charge >= 0.3 is 0 Å². The summed E-state index contributed by atoms with van der Waals surface area (Å²) in [6, 6.07) is 17.7. The van der Waals surface area contributed by atoms with E-state index in [1.807, 2.05) is 52.9 Å². The molecule has 4 aromatic rings. The summed E-state index contributed by atoms with van der Waals surface area (Å²) in [5, 5.41) is 15.0. The number of thiophene rings is 1. The van der Waals surface area contributed by atoms with Gasteiger partial charge in [0.1, 0.15) is 16.7 Å². The van der Waals surface area contributed by atoms with Crippen LogP contribution in [0.15, 0.2) is 54.7 Å². The Labute approximate surface area is 183 Å². The molecule has 0 unspecified atom stereocenters. The second-order valence-corrected chi connectivity index (χ2v) is 8.46. The molecule has 8 heteroatoms. The summed E-state index contributed by atoms with van der Waals surface area (Å²) in [6.45, 7) is 4.47. The van der Waals surface area contributed by atoms with Gasteiger partial charge in [0.25, 0.3) is 5.91 Å². The molecule has 1 aliphatic rings. The van der Waals surface area contributed by atoms with Crippen LogP contribution in [0, 0.1) is 18.3 Å². The van der Waals surface area contributed by atoms with Gasteiger partial charge in [-0.15, -0.1) is 11.3 Å². The average molecular weight is 429 g/mol. The molecule has 1 aromatic carbocycles. The smallest absolute Gasteiger partial charge is 0.264 e. The van der Waals surface area contributed by atoms with Gasteiger partial charge in [-0.25, -0.2) is 9.67 Å². The Kier molecular flexibility index (Phi) is 4.88. The van der Waals surface area contributed by atoms with E-state index in [-0.39, 0.29) is 5.91 Å². The first-order valence-corrected chi connectivity index (χ1v) is 10.9. The minimum atomic E-state index is 0.0430. The molecule has 0 N–H and O–H groups in total. The number of amides is 1. The highest BCUT2D eigenvalue weighted by atomic mass is 32.1. The summed E-state index contributed by atoms with van der Waals surface area (Å²) in [5.74, 6) is 0.735. The maximum absolute atomic E-state index is 13.2. The molecular formula is C23H20N6OS. The van der Waals surface area contributed by atoms with Crippen LogP contribution in [0.3, 0.4) is 0 Å². The van der Waals surface area contributed by atoms with Crippen molar-refractivity contribution in [1.82, 2.24) is 19.7 Å². The number of para-hydroxylation sites is 1. The van der Waals surface area contributed by atoms with Gasteiger partial charge in [0.2, 0.25) is 0 Å². The van der Waals surface area contributed by atoms with E-state index in [0.29, 0.717) is 37.6 Å². The number of carbonyl (C=O) groups excluding carboxylic acids is 1. The molecule has 0 atom stereocenters. The van der Waals surface area contributed by atoms with Crippen molar-refractivity contribution in [2.45, 2.75) is 6.92 Å². The maximum Gasteiger partial charge on any atom is 0.264 e. The van der Waals surface area contributed by atoms with Crippen molar-refractivity contribution in [2.75, 3.05) is 31.1 Å². The fourth-order valence-electron chi connectivity index (χ4n) is 3.91. The second-order valence-electron chi connectivity index (χ2n) is 7.43. The van der Waals surface area contributed by atoms with Crippen molar-refractivity contribution in [3.63, 3.8) is 0 Å². The topological polar surface area (TPSA) is 78.1 Å². The Morgan fingerprint density at radius 1 is 1.10 bits per heavy atom. The molecular weight excluding hydrogens is 408 g/mol. The van der Waals surface area contributed by atoms with Gasteiger partial charge in [-0.1, -0.05) is 18.2 Å². The number of hydrogen-bond donors (Lipinski definition) is 0. The lowest BCUT2D eigenvalue weighted by Gasteiger charge is -2.35. The van der Waals surface area contributed by atoms with Gasteiger partial charge in [-0.05, 0) is 37.3 Å². The molecule has 5 rings (SSSR count). The monoisotopic (exact) mass is 428 g/mol. The van der Waals surface area contributed by atoms with Gasteiger partial charge in [-0.3, -0.25) is 4.79 Å². The molecule has 0 radical (unpaired) electrons. The number of carbonyl (C=O) groups is 1. The van der Waals surface area contributed by atoms with Gasteiger partial charge in [0.05, 0.1) is 21.8 Å². The molecule has 0 saturated carbocycles. The van der Waals surface area contributed by atoms with E-state index in [4.69, 9.17) is 0 Å². The predicted octanol–water partition coefficient (Wildman–Crippen LogP) is 3.62. The van der Waals surface area contributed by atoms with E-state index in [1.54, 1.807) is 18.3 Å². The minimum Gasteiger partial charge on any atom is -0.352 e. The summed E-state index contributed by atoms with van der Waals surface area (Å²) in [6.07, 6.45) is 1.70. The molecule has 0 aliphatic carbocycles. The number of nitrogens with zero attached hydrogens (tertiary/aromatic N) is 6. The molecule has 1 fully saturated rings. The second kappa shape index (κ2) is 7.85. The lowest BCUT2D eigenvalue weighted by molar-refractivity contribution is 0.0751. The van der Waals surface area contributed by atoms with Gasteiger partial charge in [0, 0.05) is 37.8 Å². The molecule has 0 spiro atoms. The van der Waals surface area contributed by atoms with E-state index < -0.39 is 0 Å². The first-order valence-electron chi connectivity index (χ1n) is 10.1. The quantitative estimate of drug-likeness (QED) is 0.498. The van der Waals surface area contributed by atoms with Crippen molar-refractivity contribution < 1.29 is 4.79 Å². The fraction of sp³-hybridized carbons (Fsp3) is 0.217. The van der Waals surface area contributed by atoms with Crippen molar-refractivity contribution in [3.8, 4) is 11.8 Å². The Morgan fingerprint density at radius 3 is 2.61 bits per heavy atom. The summed E-state index contributed by atoms with van der Waals surface area (Å²) in [4.78, 5) is 23.2. The number of aromatic nitrogens is 3. The molecule has 3 aromatic heterocycles. The third kappa shape index (κ3) is 3.43. The lowest BCUT2D eigenvalue weighted by atomic mass is 10.2. The van der Waals surface area contributed by atoms with E-state index in [1.165, 1.54) is 11.3 Å². The molecule has 1 aliphatic heterocycles. The van der Waals surface area contributed by atoms with Crippen LogP contribution in [-0.4, -0.2) is 51.8 Å². The zero-order valence-electron chi connectivity index (χ0n) is 17.0. The van der Waals surface area contributed by atoms with E-state index in [9.17, 15) is 10.1 Å². The molecule has 1 amide bonds. The molecule has 154 valence electrons. The predicted molar refractivity (Wildman–Crippen MR) is 121 cm³/mol. The molecule has 7 nitrogen and oxygen atoms in total. The standard InChI is InChI=1S/C23H20N6OS/c1-16-19-14-20(31-23(19)29(26-16)18-7-3-2-4-8-18)22(30)28-12-10-27(11-13-28)21-17(15-24)6-5-9-25-21/h2-9,14H,10-13H2,1H3. The van der Waals surface area contributed by atoms with Gasteiger partial charge in [-0.2, -0.15) is 10.4 Å². The van der Waals surface area contributed by atoms with Crippen LogP contribution in [0.5, 0.6) is 0 Å². The van der Waals surface area contributed by atoms with Crippen LogP contribution in [-0.2, 0) is 0 Å². The average Bonchev–Trinajstić information content (AvgIpc) is 3.40. The minimum absolute atomic E-state index is 0.0430. The van der Waals surface area contributed by atoms with Crippen LogP contribution in [0.4, 0.5) is 5.82 Å². The summed E-state index contributed by atoms with van der Waals surface area (Å²) < 4.78 is 1.91. The summed E-state index contributed by atoms with van der Waals surface area (Å²) in [5.41, 5.74) is 2.46. The highest BCUT2D eigenvalue weighted by Gasteiger charge is 2.26. The number of piperazine rings is 1. The van der Waals surface area contributed by atoms with Crippen molar-refractivity contribution in [2.24, 2.45) is 0 Å². The fourth-order valence-corrected chi connectivity index (χ4v) is 5.06. The van der Waals surface area contributed by atoms with Crippen LogP contribution >= 0.6 is 11.3 Å². The number of anilines is 1. The van der Waals surface area contributed by atoms with Crippen molar-refractivity contribution in [1.29, 1.82) is 5.26 Å². The van der Waals surface area contributed by atoms with Crippen LogP contribution < -0.4 is 4.90 Å². The number of pyridine rings is 1. The van der Waals surface area contributed by atoms with Crippen LogP contribution in [0.2, 0.25) is 0 Å². The van der Waals surface area contributed by atoms with Crippen molar-refractivity contribution >= 4 is 33.3 Å². The number of rotatable bonds is 3. The van der Waals surface area contributed by atoms with E-state index in [2.05, 4.69) is 21.1 Å². The third-order valence-corrected chi connectivity index (χ3v) is 6.63. The number of fused-ring (bicyclic) bond motifs is 1. The van der Waals surface area contributed by atoms with E-state index >= 15 is 0 Å². The van der Waals surface area contributed by atoms with Gasteiger partial charge < -0.3 is 9.80 Å². The third-order valence-electron chi connectivity index (χ3n) is 5.53. The highest BCUT2D eigenvalue weighted by Crippen LogP contribution is 2.31. The number of aryl methyl sites for hydroxylation is 1. The van der Waals surface area contributed by atoms with Gasteiger partial charge in [0.15, 0.2) is 0 Å². The zero-order valence-corrected chi connectivity index (χ0v) is 17.8. The van der Waals surface area contributed by atoms with E-state index in [0.717, 1.165) is 26.5 Å². The molecule has 4 heterocycles. The molecule has 31 heavy (non-hydrogen) atoms. The normalized spacial score (nSPS) is 14.1. The molecule has 1 saturated heterocycles. The summed E-state index contributed by atoms with van der Waals surface area (Å²) >= 11 is 1.48. The maximum atomic E-state index is 13.2. The Bertz CT molecular complexity index is 1290. The first kappa shape index (κ1) is 19.3. The van der Waals surface area contributed by atoms with Crippen LogP contribution in [0.1, 0.15) is 20.9 Å². The summed E-state index contributed by atoms with van der Waals surface area (Å²) in [7, 11) is 0. The SMILES string of the molecule is Cc1nn(-c2ccccc2)c2sc(C(=O)N3CCN(c4ncccc4C#N)CC3)cc12. The largest absolute Gasteiger partial charge is 0.352 e. The Balaban J connectivity index is 1.36. The first-order chi connectivity index (χ1) is 15.2. The Hall–Kier alpha value is -3.70. The highest BCUT2D eigenvalue weighted by molar-refractivity contribution is 7.20. The zero-order chi connectivity index (χ0) is 21.4. The van der Waals surface area contributed by atoms with Crippen LogP contribution in [0.25, 0.3) is 15.9 Å². The number of hydrogen-bond acceptors (Lipinski definition) is 6. The Morgan fingerprint density at radius 2 is 1.87 bits per heavy atom. The lowest BCUT2D eigenvalue weighted by Crippen LogP contribution is -2.49. The van der Waals surface area contributed by atoms with Crippen molar-refractivity contribution in [3.05, 3.63) is 70.9 Å². The number of benzene rings is 1.